The monoisotopic (exact) mass is 439 g/mol. The van der Waals surface area contributed by atoms with E-state index in [4.69, 9.17) is 11.6 Å². The Morgan fingerprint density at radius 3 is 2.33 bits per heavy atom. The molecule has 0 aromatic heterocycles. The van der Waals surface area contributed by atoms with Crippen LogP contribution in [0, 0.1) is 6.92 Å². The Bertz CT molecular complexity index is 1070. The van der Waals surface area contributed by atoms with Crippen LogP contribution in [0.4, 0.5) is 16.2 Å². The van der Waals surface area contributed by atoms with Gasteiger partial charge >= 0.3 is 6.03 Å². The molecule has 3 aromatic rings. The first-order valence-corrected chi connectivity index (χ1v) is 10.9. The lowest BCUT2D eigenvalue weighted by Gasteiger charge is -2.11. The quantitative estimate of drug-likeness (QED) is 0.416. The van der Waals surface area contributed by atoms with Crippen molar-refractivity contribution < 1.29 is 9.59 Å². The highest BCUT2D eigenvalue weighted by atomic mass is 35.5. The van der Waals surface area contributed by atoms with Gasteiger partial charge < -0.3 is 16.0 Å². The second kappa shape index (κ2) is 10.2. The van der Waals surface area contributed by atoms with E-state index in [0.717, 1.165) is 21.7 Å². The third-order valence-corrected chi connectivity index (χ3v) is 5.39. The van der Waals surface area contributed by atoms with Crippen LogP contribution < -0.4 is 16.0 Å². The van der Waals surface area contributed by atoms with Gasteiger partial charge in [0.1, 0.15) is 0 Å². The first-order valence-electron chi connectivity index (χ1n) is 9.30. The standard InChI is InChI=1S/C23H22ClN3O2S/c1-15-5-3-7-17(11-15)26-23(29)27-18-8-4-6-16(12-18)14-25-22(28)20-13-19(30-2)9-10-21(20)24/h3-13H,14H2,1-2H3,(H,25,28)(H2,26,27,29). The molecule has 0 aliphatic carbocycles. The molecule has 7 heteroatoms. The van der Waals surface area contributed by atoms with E-state index in [1.54, 1.807) is 30.0 Å². The summed E-state index contributed by atoms with van der Waals surface area (Å²) in [5, 5.41) is 8.89. The van der Waals surface area contributed by atoms with Crippen LogP contribution >= 0.6 is 23.4 Å². The van der Waals surface area contributed by atoms with E-state index >= 15 is 0 Å². The molecule has 0 atom stereocenters. The second-order valence-corrected chi connectivity index (χ2v) is 7.96. The fraction of sp³-hybridized carbons (Fsp3) is 0.130. The lowest BCUT2D eigenvalue weighted by Crippen LogP contribution is -2.23. The van der Waals surface area contributed by atoms with Crippen LogP contribution in [0.3, 0.4) is 0 Å². The third-order valence-electron chi connectivity index (χ3n) is 4.33. The van der Waals surface area contributed by atoms with Crippen LogP contribution in [-0.4, -0.2) is 18.2 Å². The zero-order chi connectivity index (χ0) is 21.5. The van der Waals surface area contributed by atoms with E-state index in [0.29, 0.717) is 22.8 Å². The van der Waals surface area contributed by atoms with Crippen molar-refractivity contribution in [3.63, 3.8) is 0 Å². The van der Waals surface area contributed by atoms with Gasteiger partial charge in [-0.15, -0.1) is 11.8 Å². The number of carbonyl (C=O) groups excluding carboxylic acids is 2. The van der Waals surface area contributed by atoms with Gasteiger partial charge in [0, 0.05) is 22.8 Å². The zero-order valence-electron chi connectivity index (χ0n) is 16.7. The Labute approximate surface area is 185 Å². The van der Waals surface area contributed by atoms with Crippen molar-refractivity contribution in [2.75, 3.05) is 16.9 Å². The van der Waals surface area contributed by atoms with Crippen LogP contribution in [-0.2, 0) is 6.54 Å². The molecular formula is C23H22ClN3O2S. The van der Waals surface area contributed by atoms with Crippen LogP contribution in [0.25, 0.3) is 0 Å². The summed E-state index contributed by atoms with van der Waals surface area (Å²) in [5.74, 6) is -0.244. The first-order chi connectivity index (χ1) is 14.4. The lowest BCUT2D eigenvalue weighted by atomic mass is 10.1. The predicted octanol–water partition coefficient (Wildman–Crippen LogP) is 5.94. The number of rotatable bonds is 6. The van der Waals surface area contributed by atoms with E-state index in [2.05, 4.69) is 16.0 Å². The molecule has 3 N–H and O–H groups in total. The maximum Gasteiger partial charge on any atom is 0.323 e. The van der Waals surface area contributed by atoms with E-state index in [1.807, 2.05) is 61.7 Å². The summed E-state index contributed by atoms with van der Waals surface area (Å²) in [5.41, 5.74) is 3.72. The summed E-state index contributed by atoms with van der Waals surface area (Å²) >= 11 is 7.71. The van der Waals surface area contributed by atoms with Crippen molar-refractivity contribution in [1.29, 1.82) is 0 Å². The number of hydrogen-bond donors (Lipinski definition) is 3. The number of aryl methyl sites for hydroxylation is 1. The molecule has 30 heavy (non-hydrogen) atoms. The lowest BCUT2D eigenvalue weighted by molar-refractivity contribution is 0.0951. The molecule has 0 saturated heterocycles. The maximum absolute atomic E-state index is 12.5. The highest BCUT2D eigenvalue weighted by molar-refractivity contribution is 7.98. The van der Waals surface area contributed by atoms with Crippen molar-refractivity contribution in [2.45, 2.75) is 18.4 Å². The van der Waals surface area contributed by atoms with Crippen molar-refractivity contribution >= 4 is 46.7 Å². The fourth-order valence-corrected chi connectivity index (χ4v) is 3.50. The minimum Gasteiger partial charge on any atom is -0.348 e. The minimum atomic E-state index is -0.331. The van der Waals surface area contributed by atoms with Crippen LogP contribution in [0.15, 0.2) is 71.6 Å². The molecule has 5 nitrogen and oxygen atoms in total. The fourth-order valence-electron chi connectivity index (χ4n) is 2.86. The predicted molar refractivity (Wildman–Crippen MR) is 125 cm³/mol. The Morgan fingerprint density at radius 1 is 0.933 bits per heavy atom. The van der Waals surface area contributed by atoms with Gasteiger partial charge in [0.15, 0.2) is 0 Å². The maximum atomic E-state index is 12.5. The number of halogens is 1. The van der Waals surface area contributed by atoms with Crippen molar-refractivity contribution in [2.24, 2.45) is 0 Å². The van der Waals surface area contributed by atoms with Crippen molar-refractivity contribution in [3.05, 3.63) is 88.4 Å². The van der Waals surface area contributed by atoms with Gasteiger partial charge in [-0.2, -0.15) is 0 Å². The number of urea groups is 1. The largest absolute Gasteiger partial charge is 0.348 e. The molecule has 0 spiro atoms. The average molecular weight is 440 g/mol. The van der Waals surface area contributed by atoms with Gasteiger partial charge in [-0.05, 0) is 66.8 Å². The minimum absolute atomic E-state index is 0.244. The van der Waals surface area contributed by atoms with Crippen molar-refractivity contribution in [1.82, 2.24) is 5.32 Å². The summed E-state index contributed by atoms with van der Waals surface area (Å²) in [7, 11) is 0. The summed E-state index contributed by atoms with van der Waals surface area (Å²) in [6.07, 6.45) is 1.94. The summed E-state index contributed by atoms with van der Waals surface area (Å²) in [4.78, 5) is 25.7. The van der Waals surface area contributed by atoms with Crippen molar-refractivity contribution in [3.8, 4) is 0 Å². The SMILES string of the molecule is CSc1ccc(Cl)c(C(=O)NCc2cccc(NC(=O)Nc3cccc(C)c3)c2)c1. The zero-order valence-corrected chi connectivity index (χ0v) is 18.2. The summed E-state index contributed by atoms with van der Waals surface area (Å²) in [6.45, 7) is 2.28. The van der Waals surface area contributed by atoms with E-state index in [1.165, 1.54) is 0 Å². The normalized spacial score (nSPS) is 10.4. The van der Waals surface area contributed by atoms with E-state index in [9.17, 15) is 9.59 Å². The molecule has 3 amide bonds. The third kappa shape index (κ3) is 6.02. The van der Waals surface area contributed by atoms with Gasteiger partial charge in [0.25, 0.3) is 5.91 Å². The molecule has 0 bridgehead atoms. The summed E-state index contributed by atoms with van der Waals surface area (Å²) < 4.78 is 0. The second-order valence-electron chi connectivity index (χ2n) is 6.68. The number of amides is 3. The average Bonchev–Trinajstić information content (AvgIpc) is 2.72. The number of anilines is 2. The Balaban J connectivity index is 1.60. The van der Waals surface area contributed by atoms with E-state index in [-0.39, 0.29) is 11.9 Å². The number of hydrogen-bond acceptors (Lipinski definition) is 3. The molecule has 0 aliphatic rings. The molecule has 0 aliphatic heterocycles. The molecule has 0 unspecified atom stereocenters. The Morgan fingerprint density at radius 2 is 1.63 bits per heavy atom. The molecule has 0 fully saturated rings. The molecule has 3 aromatic carbocycles. The van der Waals surface area contributed by atoms with Crippen LogP contribution in [0.2, 0.25) is 5.02 Å². The smallest absolute Gasteiger partial charge is 0.323 e. The Hall–Kier alpha value is -2.96. The number of nitrogens with one attached hydrogen (secondary N) is 3. The van der Waals surface area contributed by atoms with Gasteiger partial charge in [0.2, 0.25) is 0 Å². The van der Waals surface area contributed by atoms with E-state index < -0.39 is 0 Å². The first kappa shape index (κ1) is 21.7. The highest BCUT2D eigenvalue weighted by Gasteiger charge is 2.11. The molecule has 0 radical (unpaired) electrons. The molecule has 3 rings (SSSR count). The molecule has 0 saturated carbocycles. The van der Waals surface area contributed by atoms with Gasteiger partial charge in [-0.3, -0.25) is 4.79 Å². The van der Waals surface area contributed by atoms with Gasteiger partial charge in [-0.25, -0.2) is 4.79 Å². The number of carbonyl (C=O) groups is 2. The molecular weight excluding hydrogens is 418 g/mol. The van der Waals surface area contributed by atoms with Crippen LogP contribution in [0.5, 0.6) is 0 Å². The Kier molecular flexibility index (Phi) is 7.38. The van der Waals surface area contributed by atoms with Crippen LogP contribution in [0.1, 0.15) is 21.5 Å². The number of thioether (sulfide) groups is 1. The van der Waals surface area contributed by atoms with Gasteiger partial charge in [0.05, 0.1) is 10.6 Å². The topological polar surface area (TPSA) is 70.2 Å². The number of benzene rings is 3. The summed E-state index contributed by atoms with van der Waals surface area (Å²) in [6, 6.07) is 19.9. The molecule has 154 valence electrons. The highest BCUT2D eigenvalue weighted by Crippen LogP contribution is 2.23. The van der Waals surface area contributed by atoms with Gasteiger partial charge in [-0.1, -0.05) is 35.9 Å². The molecule has 0 heterocycles.